The Labute approximate surface area is 99.0 Å². The average Bonchev–Trinajstić information content (AvgIpc) is 2.76. The summed E-state index contributed by atoms with van der Waals surface area (Å²) in [5.41, 5.74) is 7.57. The van der Waals surface area contributed by atoms with E-state index in [9.17, 15) is 4.79 Å². The van der Waals surface area contributed by atoms with E-state index in [1.807, 2.05) is 13.0 Å². The Bertz CT molecular complexity index is 521. The van der Waals surface area contributed by atoms with Crippen molar-refractivity contribution in [2.75, 3.05) is 11.9 Å². The van der Waals surface area contributed by atoms with E-state index in [0.29, 0.717) is 24.2 Å². The molecule has 90 valence electrons. The number of amides is 1. The van der Waals surface area contributed by atoms with Crippen LogP contribution in [-0.2, 0) is 4.79 Å². The van der Waals surface area contributed by atoms with Crippen LogP contribution in [0, 0.1) is 5.92 Å². The fraction of sp³-hybridized carbons (Fsp3) is 0.333. The molecule has 1 aromatic heterocycles. The predicted molar refractivity (Wildman–Crippen MR) is 65.5 cm³/mol. The summed E-state index contributed by atoms with van der Waals surface area (Å²) < 4.78 is 5.17. The van der Waals surface area contributed by atoms with Gasteiger partial charge in [0.1, 0.15) is 5.52 Å². The molecule has 0 saturated carbocycles. The molecule has 5 heteroatoms. The SMILES string of the molecule is CC(CCN)C(=O)Nc1ccc2ncoc2c1. The van der Waals surface area contributed by atoms with Crippen molar-refractivity contribution in [3.8, 4) is 0 Å². The number of nitrogens with one attached hydrogen (secondary N) is 1. The molecular formula is C12H15N3O2. The normalized spacial score (nSPS) is 12.6. The van der Waals surface area contributed by atoms with Crippen LogP contribution in [0.5, 0.6) is 0 Å². The Morgan fingerprint density at radius 1 is 1.59 bits per heavy atom. The molecule has 5 nitrogen and oxygen atoms in total. The minimum Gasteiger partial charge on any atom is -0.443 e. The van der Waals surface area contributed by atoms with Crippen molar-refractivity contribution in [3.05, 3.63) is 24.6 Å². The van der Waals surface area contributed by atoms with Crippen LogP contribution < -0.4 is 11.1 Å². The molecule has 3 N–H and O–H groups in total. The summed E-state index contributed by atoms with van der Waals surface area (Å²) in [5, 5.41) is 2.83. The molecule has 1 heterocycles. The van der Waals surface area contributed by atoms with E-state index in [-0.39, 0.29) is 11.8 Å². The molecule has 0 aliphatic rings. The zero-order chi connectivity index (χ0) is 12.3. The van der Waals surface area contributed by atoms with Crippen molar-refractivity contribution >= 4 is 22.7 Å². The summed E-state index contributed by atoms with van der Waals surface area (Å²) in [5.74, 6) is -0.125. The van der Waals surface area contributed by atoms with Gasteiger partial charge in [-0.15, -0.1) is 0 Å². The maximum absolute atomic E-state index is 11.8. The molecule has 1 amide bonds. The largest absolute Gasteiger partial charge is 0.443 e. The fourth-order valence-corrected chi connectivity index (χ4v) is 1.58. The highest BCUT2D eigenvalue weighted by Gasteiger charge is 2.12. The Kier molecular flexibility index (Phi) is 3.39. The lowest BCUT2D eigenvalue weighted by Gasteiger charge is -2.10. The third kappa shape index (κ3) is 2.62. The van der Waals surface area contributed by atoms with Gasteiger partial charge in [-0.25, -0.2) is 4.98 Å². The van der Waals surface area contributed by atoms with Gasteiger partial charge in [0, 0.05) is 17.7 Å². The zero-order valence-corrected chi connectivity index (χ0v) is 9.64. The summed E-state index contributed by atoms with van der Waals surface area (Å²) in [4.78, 5) is 15.8. The molecule has 0 saturated heterocycles. The van der Waals surface area contributed by atoms with Crippen LogP contribution in [0.25, 0.3) is 11.1 Å². The monoisotopic (exact) mass is 233 g/mol. The summed E-state index contributed by atoms with van der Waals surface area (Å²) >= 11 is 0. The smallest absolute Gasteiger partial charge is 0.227 e. The maximum atomic E-state index is 11.8. The Morgan fingerprint density at radius 2 is 2.41 bits per heavy atom. The molecule has 2 rings (SSSR count). The van der Waals surface area contributed by atoms with Gasteiger partial charge in [-0.05, 0) is 25.1 Å². The predicted octanol–water partition coefficient (Wildman–Crippen LogP) is 1.75. The first kappa shape index (κ1) is 11.6. The highest BCUT2D eigenvalue weighted by molar-refractivity contribution is 5.93. The first-order valence-corrected chi connectivity index (χ1v) is 5.55. The van der Waals surface area contributed by atoms with E-state index < -0.39 is 0 Å². The molecule has 1 aromatic carbocycles. The van der Waals surface area contributed by atoms with Gasteiger partial charge < -0.3 is 15.5 Å². The highest BCUT2D eigenvalue weighted by Crippen LogP contribution is 2.18. The van der Waals surface area contributed by atoms with Crippen molar-refractivity contribution in [2.45, 2.75) is 13.3 Å². The standard InChI is InChI=1S/C12H15N3O2/c1-8(4-5-13)12(16)15-9-2-3-10-11(6-9)17-7-14-10/h2-3,6-8H,4-5,13H2,1H3,(H,15,16). The number of hydrogen-bond acceptors (Lipinski definition) is 4. The van der Waals surface area contributed by atoms with Crippen molar-refractivity contribution in [1.29, 1.82) is 0 Å². The second-order valence-electron chi connectivity index (χ2n) is 4.00. The van der Waals surface area contributed by atoms with Crippen LogP contribution >= 0.6 is 0 Å². The number of nitrogens with zero attached hydrogens (tertiary/aromatic N) is 1. The van der Waals surface area contributed by atoms with Gasteiger partial charge in [0.15, 0.2) is 12.0 Å². The molecular weight excluding hydrogens is 218 g/mol. The van der Waals surface area contributed by atoms with Crippen molar-refractivity contribution in [2.24, 2.45) is 11.7 Å². The number of rotatable bonds is 4. The van der Waals surface area contributed by atoms with Crippen LogP contribution in [0.1, 0.15) is 13.3 Å². The molecule has 0 bridgehead atoms. The summed E-state index contributed by atoms with van der Waals surface area (Å²) in [7, 11) is 0. The number of benzene rings is 1. The highest BCUT2D eigenvalue weighted by atomic mass is 16.3. The van der Waals surface area contributed by atoms with Gasteiger partial charge >= 0.3 is 0 Å². The van der Waals surface area contributed by atoms with Gasteiger partial charge in [0.25, 0.3) is 0 Å². The van der Waals surface area contributed by atoms with Gasteiger partial charge in [-0.2, -0.15) is 0 Å². The van der Waals surface area contributed by atoms with E-state index in [1.165, 1.54) is 6.39 Å². The van der Waals surface area contributed by atoms with Crippen LogP contribution in [-0.4, -0.2) is 17.4 Å². The number of fused-ring (bicyclic) bond motifs is 1. The lowest BCUT2D eigenvalue weighted by Crippen LogP contribution is -2.22. The summed E-state index contributed by atoms with van der Waals surface area (Å²) in [6.07, 6.45) is 2.06. The summed E-state index contributed by atoms with van der Waals surface area (Å²) in [6, 6.07) is 5.37. The van der Waals surface area contributed by atoms with Crippen molar-refractivity contribution in [1.82, 2.24) is 4.98 Å². The van der Waals surface area contributed by atoms with E-state index in [1.54, 1.807) is 12.1 Å². The fourth-order valence-electron chi connectivity index (χ4n) is 1.58. The molecule has 2 aromatic rings. The number of nitrogens with two attached hydrogens (primary N) is 1. The third-order valence-electron chi connectivity index (χ3n) is 2.65. The van der Waals surface area contributed by atoms with E-state index in [0.717, 1.165) is 5.52 Å². The number of carbonyl (C=O) groups is 1. The zero-order valence-electron chi connectivity index (χ0n) is 9.64. The number of aromatic nitrogens is 1. The van der Waals surface area contributed by atoms with E-state index in [2.05, 4.69) is 10.3 Å². The first-order valence-electron chi connectivity index (χ1n) is 5.55. The molecule has 0 spiro atoms. The first-order chi connectivity index (χ1) is 8.20. The molecule has 0 aliphatic heterocycles. The molecule has 1 atom stereocenters. The lowest BCUT2D eigenvalue weighted by molar-refractivity contribution is -0.119. The van der Waals surface area contributed by atoms with E-state index in [4.69, 9.17) is 10.2 Å². The molecule has 0 fully saturated rings. The molecule has 1 unspecified atom stereocenters. The van der Waals surface area contributed by atoms with Gasteiger partial charge in [0.2, 0.25) is 5.91 Å². The lowest BCUT2D eigenvalue weighted by atomic mass is 10.1. The second kappa shape index (κ2) is 4.97. The number of oxazole rings is 1. The number of carbonyl (C=O) groups excluding carboxylic acids is 1. The number of anilines is 1. The molecule has 17 heavy (non-hydrogen) atoms. The van der Waals surface area contributed by atoms with E-state index >= 15 is 0 Å². The minimum absolute atomic E-state index is 0.0330. The molecule has 0 aliphatic carbocycles. The Balaban J connectivity index is 2.09. The molecule has 0 radical (unpaired) electrons. The van der Waals surface area contributed by atoms with Crippen LogP contribution in [0.4, 0.5) is 5.69 Å². The number of hydrogen-bond donors (Lipinski definition) is 2. The maximum Gasteiger partial charge on any atom is 0.227 e. The average molecular weight is 233 g/mol. The Morgan fingerprint density at radius 3 is 3.18 bits per heavy atom. The summed E-state index contributed by atoms with van der Waals surface area (Å²) in [6.45, 7) is 2.37. The second-order valence-corrected chi connectivity index (χ2v) is 4.00. The van der Waals surface area contributed by atoms with Crippen molar-refractivity contribution < 1.29 is 9.21 Å². The van der Waals surface area contributed by atoms with Gasteiger partial charge in [0.05, 0.1) is 0 Å². The van der Waals surface area contributed by atoms with Crippen molar-refractivity contribution in [3.63, 3.8) is 0 Å². The van der Waals surface area contributed by atoms with Crippen LogP contribution in [0.15, 0.2) is 29.0 Å². The van der Waals surface area contributed by atoms with Crippen LogP contribution in [0.3, 0.4) is 0 Å². The van der Waals surface area contributed by atoms with Crippen LogP contribution in [0.2, 0.25) is 0 Å². The minimum atomic E-state index is -0.0922. The Hall–Kier alpha value is -1.88. The topological polar surface area (TPSA) is 81.2 Å². The van der Waals surface area contributed by atoms with Gasteiger partial charge in [-0.1, -0.05) is 6.92 Å². The van der Waals surface area contributed by atoms with Gasteiger partial charge in [-0.3, -0.25) is 4.79 Å². The third-order valence-corrected chi connectivity index (χ3v) is 2.65. The quantitative estimate of drug-likeness (QED) is 0.843.